The zero-order valence-electron chi connectivity index (χ0n) is 18.1. The monoisotopic (exact) mass is 433 g/mol. The van der Waals surface area contributed by atoms with Gasteiger partial charge in [0.15, 0.2) is 0 Å². The first kappa shape index (κ1) is 20.7. The number of nitrogens with one attached hydrogen (secondary N) is 1. The predicted molar refractivity (Wildman–Crippen MR) is 124 cm³/mol. The number of carbonyl (C=O) groups is 1. The molecule has 3 aromatic rings. The molecule has 166 valence electrons. The summed E-state index contributed by atoms with van der Waals surface area (Å²) in [6, 6.07) is 8.98. The molecule has 7 heteroatoms. The molecule has 2 aliphatic heterocycles. The number of aromatic amines is 1. The van der Waals surface area contributed by atoms with Crippen LogP contribution in [0.25, 0.3) is 16.5 Å². The van der Waals surface area contributed by atoms with Gasteiger partial charge in [0, 0.05) is 80.9 Å². The van der Waals surface area contributed by atoms with E-state index in [0.29, 0.717) is 6.54 Å². The Morgan fingerprint density at radius 1 is 1.03 bits per heavy atom. The van der Waals surface area contributed by atoms with E-state index >= 15 is 0 Å². The van der Waals surface area contributed by atoms with Crippen molar-refractivity contribution < 1.29 is 9.18 Å². The van der Waals surface area contributed by atoms with Crippen LogP contribution in [-0.2, 0) is 6.54 Å². The zero-order valence-corrected chi connectivity index (χ0v) is 18.1. The normalized spacial score (nSPS) is 17.8. The fourth-order valence-corrected chi connectivity index (χ4v) is 4.69. The first-order valence-corrected chi connectivity index (χ1v) is 11.3. The molecule has 0 spiro atoms. The van der Waals surface area contributed by atoms with Crippen LogP contribution < -0.4 is 0 Å². The van der Waals surface area contributed by atoms with E-state index < -0.39 is 0 Å². The molecule has 1 fully saturated rings. The highest BCUT2D eigenvalue weighted by Crippen LogP contribution is 2.29. The van der Waals surface area contributed by atoms with Gasteiger partial charge in [-0.25, -0.2) is 9.18 Å². The van der Waals surface area contributed by atoms with Crippen LogP contribution in [0.15, 0.2) is 55.0 Å². The SMILES string of the molecule is O=C1N(CCN2CC=C(c3c[nH]c4cc(F)ccc34)CC2)CCCN1Cc1ccncc1. The van der Waals surface area contributed by atoms with Crippen LogP contribution in [0, 0.1) is 5.82 Å². The molecule has 4 heterocycles. The van der Waals surface area contributed by atoms with E-state index in [-0.39, 0.29) is 11.8 Å². The number of urea groups is 1. The minimum atomic E-state index is -0.221. The van der Waals surface area contributed by atoms with E-state index in [4.69, 9.17) is 0 Å². The minimum absolute atomic E-state index is 0.132. The average Bonchev–Trinajstić information content (AvgIpc) is 3.24. The van der Waals surface area contributed by atoms with Crippen molar-refractivity contribution in [2.24, 2.45) is 0 Å². The highest BCUT2D eigenvalue weighted by molar-refractivity contribution is 5.92. The van der Waals surface area contributed by atoms with Crippen molar-refractivity contribution in [3.8, 4) is 0 Å². The summed E-state index contributed by atoms with van der Waals surface area (Å²) in [6.45, 7) is 5.73. The second kappa shape index (κ2) is 9.12. The summed E-state index contributed by atoms with van der Waals surface area (Å²) in [7, 11) is 0. The number of amides is 2. The molecule has 5 rings (SSSR count). The van der Waals surface area contributed by atoms with Crippen molar-refractivity contribution >= 4 is 22.5 Å². The Morgan fingerprint density at radius 2 is 1.88 bits per heavy atom. The minimum Gasteiger partial charge on any atom is -0.360 e. The third-order valence-electron chi connectivity index (χ3n) is 6.49. The van der Waals surface area contributed by atoms with E-state index in [1.165, 1.54) is 11.6 Å². The topological polar surface area (TPSA) is 55.5 Å². The molecule has 2 aromatic heterocycles. The van der Waals surface area contributed by atoms with Crippen molar-refractivity contribution in [2.75, 3.05) is 39.3 Å². The predicted octanol–water partition coefficient (Wildman–Crippen LogP) is 4.12. The molecule has 32 heavy (non-hydrogen) atoms. The standard InChI is InChI=1S/C25H28FN5O/c26-21-2-3-22-23(17-28-24(22)16-21)20-6-12-29(13-7-20)14-15-30-10-1-11-31(25(30)32)18-19-4-8-27-9-5-19/h2-6,8-9,16-17,28H,1,7,10-15,18H2. The van der Waals surface area contributed by atoms with Gasteiger partial charge in [0.05, 0.1) is 0 Å². The van der Waals surface area contributed by atoms with E-state index in [0.717, 1.165) is 74.1 Å². The Morgan fingerprint density at radius 3 is 2.69 bits per heavy atom. The van der Waals surface area contributed by atoms with Gasteiger partial charge in [-0.3, -0.25) is 9.88 Å². The number of H-pyrrole nitrogens is 1. The number of carbonyl (C=O) groups excluding carboxylic acids is 1. The van der Waals surface area contributed by atoms with E-state index in [2.05, 4.69) is 20.9 Å². The fourth-order valence-electron chi connectivity index (χ4n) is 4.69. The summed E-state index contributed by atoms with van der Waals surface area (Å²) >= 11 is 0. The van der Waals surface area contributed by atoms with Crippen molar-refractivity contribution in [2.45, 2.75) is 19.4 Å². The average molecular weight is 434 g/mol. The molecule has 0 atom stereocenters. The zero-order chi connectivity index (χ0) is 21.9. The largest absolute Gasteiger partial charge is 0.360 e. The Labute approximate surface area is 187 Å². The number of aromatic nitrogens is 2. The summed E-state index contributed by atoms with van der Waals surface area (Å²) in [5.74, 6) is -0.221. The highest BCUT2D eigenvalue weighted by atomic mass is 19.1. The number of halogens is 1. The van der Waals surface area contributed by atoms with Crippen LogP contribution >= 0.6 is 0 Å². The number of pyridine rings is 1. The number of benzene rings is 1. The third kappa shape index (κ3) is 4.39. The summed E-state index contributed by atoms with van der Waals surface area (Å²) in [4.78, 5) is 26.5. The molecular weight excluding hydrogens is 405 g/mol. The first-order chi connectivity index (χ1) is 15.7. The van der Waals surface area contributed by atoms with Gasteiger partial charge in [-0.1, -0.05) is 6.08 Å². The molecule has 1 saturated heterocycles. The quantitative estimate of drug-likeness (QED) is 0.636. The smallest absolute Gasteiger partial charge is 0.320 e. The van der Waals surface area contributed by atoms with Gasteiger partial charge in [-0.15, -0.1) is 0 Å². The fraction of sp³-hybridized carbons (Fsp3) is 0.360. The van der Waals surface area contributed by atoms with Crippen LogP contribution in [0.3, 0.4) is 0 Å². The van der Waals surface area contributed by atoms with E-state index in [1.54, 1.807) is 18.5 Å². The van der Waals surface area contributed by atoms with Crippen molar-refractivity contribution in [1.29, 1.82) is 0 Å². The molecule has 6 nitrogen and oxygen atoms in total. The van der Waals surface area contributed by atoms with Gasteiger partial charge in [0.1, 0.15) is 5.82 Å². The number of hydrogen-bond acceptors (Lipinski definition) is 3. The Kier molecular flexibility index (Phi) is 5.90. The maximum Gasteiger partial charge on any atom is 0.320 e. The van der Waals surface area contributed by atoms with Crippen LogP contribution in [0.4, 0.5) is 9.18 Å². The maximum atomic E-state index is 13.5. The van der Waals surface area contributed by atoms with E-state index in [1.807, 2.05) is 34.2 Å². The van der Waals surface area contributed by atoms with Gasteiger partial charge < -0.3 is 14.8 Å². The molecule has 1 N–H and O–H groups in total. The van der Waals surface area contributed by atoms with Gasteiger partial charge in [0.2, 0.25) is 0 Å². The summed E-state index contributed by atoms with van der Waals surface area (Å²) in [5, 5.41) is 1.07. The molecule has 1 aromatic carbocycles. The van der Waals surface area contributed by atoms with Crippen molar-refractivity contribution in [1.82, 2.24) is 24.7 Å². The van der Waals surface area contributed by atoms with Crippen LogP contribution in [0.1, 0.15) is 24.0 Å². The maximum absolute atomic E-state index is 13.5. The summed E-state index contributed by atoms with van der Waals surface area (Å²) in [5.41, 5.74) is 4.42. The molecule has 0 saturated carbocycles. The Balaban J connectivity index is 1.16. The van der Waals surface area contributed by atoms with Gasteiger partial charge >= 0.3 is 6.03 Å². The highest BCUT2D eigenvalue weighted by Gasteiger charge is 2.26. The number of fused-ring (bicyclic) bond motifs is 1. The van der Waals surface area contributed by atoms with Crippen LogP contribution in [0.2, 0.25) is 0 Å². The van der Waals surface area contributed by atoms with Gasteiger partial charge in [-0.2, -0.15) is 0 Å². The molecule has 0 unspecified atom stereocenters. The lowest BCUT2D eigenvalue weighted by atomic mass is 9.99. The first-order valence-electron chi connectivity index (χ1n) is 11.3. The van der Waals surface area contributed by atoms with Gasteiger partial charge in [-0.05, 0) is 54.3 Å². The third-order valence-corrected chi connectivity index (χ3v) is 6.49. The van der Waals surface area contributed by atoms with Crippen molar-refractivity contribution in [3.05, 3.63) is 71.9 Å². The Bertz CT molecular complexity index is 1130. The van der Waals surface area contributed by atoms with Crippen LogP contribution in [-0.4, -0.2) is 70.0 Å². The number of hydrogen-bond donors (Lipinski definition) is 1. The Hall–Kier alpha value is -3.19. The second-order valence-electron chi connectivity index (χ2n) is 8.57. The lowest BCUT2D eigenvalue weighted by molar-refractivity contribution is 0.119. The number of nitrogens with zero attached hydrogens (tertiary/aromatic N) is 4. The second-order valence-corrected chi connectivity index (χ2v) is 8.57. The summed E-state index contributed by atoms with van der Waals surface area (Å²) in [6.07, 6.45) is 9.75. The van der Waals surface area contributed by atoms with Crippen LogP contribution in [0.5, 0.6) is 0 Å². The lowest BCUT2D eigenvalue weighted by Crippen LogP contribution is -2.51. The van der Waals surface area contributed by atoms with Gasteiger partial charge in [0.25, 0.3) is 0 Å². The molecule has 2 aliphatic rings. The molecule has 0 aliphatic carbocycles. The lowest BCUT2D eigenvalue weighted by Gasteiger charge is -2.37. The van der Waals surface area contributed by atoms with E-state index in [9.17, 15) is 9.18 Å². The molecule has 0 radical (unpaired) electrons. The number of rotatable bonds is 6. The van der Waals surface area contributed by atoms with Crippen molar-refractivity contribution in [3.63, 3.8) is 0 Å². The summed E-state index contributed by atoms with van der Waals surface area (Å²) < 4.78 is 13.5. The molecule has 0 bridgehead atoms. The molecule has 2 amide bonds. The molecular formula is C25H28FN5O.